The number of benzene rings is 1. The molecular formula is C14H19N3O4. The Morgan fingerprint density at radius 2 is 2.24 bits per heavy atom. The molecule has 0 aliphatic carbocycles. The van der Waals surface area contributed by atoms with Crippen LogP contribution in [0.4, 0.5) is 5.69 Å². The van der Waals surface area contributed by atoms with E-state index >= 15 is 0 Å². The fraction of sp³-hybridized carbons (Fsp3) is 0.500. The molecule has 7 heteroatoms. The average Bonchev–Trinajstić information content (AvgIpc) is 2.73. The number of carbonyl (C=O) groups excluding carboxylic acids is 1. The van der Waals surface area contributed by atoms with Crippen molar-refractivity contribution >= 4 is 11.6 Å². The van der Waals surface area contributed by atoms with Crippen molar-refractivity contribution in [1.29, 1.82) is 0 Å². The molecule has 1 fully saturated rings. The summed E-state index contributed by atoms with van der Waals surface area (Å²) in [7, 11) is 0. The highest BCUT2D eigenvalue weighted by Crippen LogP contribution is 2.27. The molecule has 1 aliphatic heterocycles. The predicted octanol–water partition coefficient (Wildman–Crippen LogP) is 1.10. The minimum Gasteiger partial charge on any atom is -0.477 e. The van der Waals surface area contributed by atoms with Gasteiger partial charge in [0, 0.05) is 25.7 Å². The lowest BCUT2D eigenvalue weighted by Crippen LogP contribution is -2.37. The highest BCUT2D eigenvalue weighted by atomic mass is 16.6. The normalized spacial score (nSPS) is 15.4. The second-order valence-electron chi connectivity index (χ2n) is 5.00. The summed E-state index contributed by atoms with van der Waals surface area (Å²) in [6.07, 6.45) is 0.899. The summed E-state index contributed by atoms with van der Waals surface area (Å²) in [4.78, 5) is 24.3. The van der Waals surface area contributed by atoms with E-state index in [1.54, 1.807) is 17.0 Å². The van der Waals surface area contributed by atoms with Gasteiger partial charge in [0.05, 0.1) is 4.92 Å². The molecule has 0 bridgehead atoms. The third-order valence-electron chi connectivity index (χ3n) is 3.36. The van der Waals surface area contributed by atoms with Gasteiger partial charge < -0.3 is 15.0 Å². The molecule has 0 aromatic heterocycles. The number of nitrogens with one attached hydrogen (secondary N) is 1. The van der Waals surface area contributed by atoms with Gasteiger partial charge in [0.1, 0.15) is 0 Å². The number of aryl methyl sites for hydroxylation is 1. The zero-order valence-electron chi connectivity index (χ0n) is 12.0. The van der Waals surface area contributed by atoms with E-state index < -0.39 is 4.92 Å². The number of ether oxygens (including phenoxy) is 1. The quantitative estimate of drug-likeness (QED) is 0.664. The van der Waals surface area contributed by atoms with Gasteiger partial charge in [-0.2, -0.15) is 0 Å². The van der Waals surface area contributed by atoms with Crippen molar-refractivity contribution in [2.45, 2.75) is 13.3 Å². The Kier molecular flexibility index (Phi) is 5.10. The van der Waals surface area contributed by atoms with E-state index in [2.05, 4.69) is 5.32 Å². The van der Waals surface area contributed by atoms with E-state index in [-0.39, 0.29) is 24.0 Å². The van der Waals surface area contributed by atoms with Crippen LogP contribution in [0.5, 0.6) is 5.75 Å². The third kappa shape index (κ3) is 4.16. The van der Waals surface area contributed by atoms with E-state index in [0.29, 0.717) is 13.1 Å². The Bertz CT molecular complexity index is 525. The molecule has 1 aliphatic rings. The van der Waals surface area contributed by atoms with Crippen LogP contribution in [-0.4, -0.2) is 48.5 Å². The topological polar surface area (TPSA) is 84.7 Å². The van der Waals surface area contributed by atoms with Crippen LogP contribution in [0.3, 0.4) is 0 Å². The molecule has 1 heterocycles. The summed E-state index contributed by atoms with van der Waals surface area (Å²) in [6.45, 7) is 4.62. The lowest BCUT2D eigenvalue weighted by atomic mass is 10.2. The van der Waals surface area contributed by atoms with Crippen molar-refractivity contribution < 1.29 is 14.5 Å². The molecule has 114 valence electrons. The minimum atomic E-state index is -0.505. The van der Waals surface area contributed by atoms with Gasteiger partial charge in [0.2, 0.25) is 0 Å². The maximum Gasteiger partial charge on any atom is 0.310 e. The van der Waals surface area contributed by atoms with Crippen molar-refractivity contribution in [3.8, 4) is 5.75 Å². The highest BCUT2D eigenvalue weighted by Gasteiger charge is 2.19. The number of amides is 1. The molecule has 7 nitrogen and oxygen atoms in total. The van der Waals surface area contributed by atoms with Crippen LogP contribution in [-0.2, 0) is 4.79 Å². The van der Waals surface area contributed by atoms with Crippen LogP contribution >= 0.6 is 0 Å². The van der Waals surface area contributed by atoms with Crippen molar-refractivity contribution in [3.63, 3.8) is 0 Å². The van der Waals surface area contributed by atoms with Crippen LogP contribution < -0.4 is 10.1 Å². The lowest BCUT2D eigenvalue weighted by Gasteiger charge is -2.20. The van der Waals surface area contributed by atoms with Gasteiger partial charge in [-0.1, -0.05) is 6.07 Å². The summed E-state index contributed by atoms with van der Waals surface area (Å²) in [5.41, 5.74) is 0.730. The van der Waals surface area contributed by atoms with Gasteiger partial charge in [-0.15, -0.1) is 0 Å². The van der Waals surface area contributed by atoms with Crippen LogP contribution in [0.1, 0.15) is 12.0 Å². The van der Waals surface area contributed by atoms with E-state index in [1.807, 2.05) is 6.92 Å². The molecule has 0 saturated carbocycles. The minimum absolute atomic E-state index is 0.120. The van der Waals surface area contributed by atoms with Crippen LogP contribution in [0.15, 0.2) is 18.2 Å². The van der Waals surface area contributed by atoms with Crippen LogP contribution in [0.2, 0.25) is 0 Å². The Morgan fingerprint density at radius 1 is 1.43 bits per heavy atom. The smallest absolute Gasteiger partial charge is 0.310 e. The molecule has 0 atom stereocenters. The molecule has 1 aromatic carbocycles. The lowest BCUT2D eigenvalue weighted by molar-refractivity contribution is -0.385. The van der Waals surface area contributed by atoms with Crippen molar-refractivity contribution in [2.24, 2.45) is 0 Å². The van der Waals surface area contributed by atoms with Gasteiger partial charge in [-0.25, -0.2) is 0 Å². The van der Waals surface area contributed by atoms with Gasteiger partial charge >= 0.3 is 5.69 Å². The number of nitro benzene ring substituents is 1. The predicted molar refractivity (Wildman–Crippen MR) is 77.4 cm³/mol. The third-order valence-corrected chi connectivity index (χ3v) is 3.36. The Hall–Kier alpha value is -2.15. The summed E-state index contributed by atoms with van der Waals surface area (Å²) >= 11 is 0. The second kappa shape index (κ2) is 7.03. The Balaban J connectivity index is 2.00. The van der Waals surface area contributed by atoms with E-state index in [1.165, 1.54) is 6.07 Å². The summed E-state index contributed by atoms with van der Waals surface area (Å²) in [6, 6.07) is 4.62. The zero-order chi connectivity index (χ0) is 15.2. The van der Waals surface area contributed by atoms with Crippen LogP contribution in [0.25, 0.3) is 0 Å². The monoisotopic (exact) mass is 293 g/mol. The molecule has 1 N–H and O–H groups in total. The molecular weight excluding hydrogens is 274 g/mol. The van der Waals surface area contributed by atoms with Gasteiger partial charge in [-0.05, 0) is 31.5 Å². The van der Waals surface area contributed by atoms with E-state index in [9.17, 15) is 14.9 Å². The Labute approximate surface area is 123 Å². The van der Waals surface area contributed by atoms with Crippen LogP contribution in [0, 0.1) is 17.0 Å². The standard InChI is InChI=1S/C14H19N3O4/c1-11-3-4-12(17(19)20)13(9-11)21-10-14(18)16-7-2-5-15-6-8-16/h3-4,9,15H,2,5-8,10H2,1H3. The van der Waals surface area contributed by atoms with Gasteiger partial charge in [0.15, 0.2) is 12.4 Å². The van der Waals surface area contributed by atoms with Crippen molar-refractivity contribution in [1.82, 2.24) is 10.2 Å². The first-order valence-corrected chi connectivity index (χ1v) is 6.94. The summed E-state index contributed by atoms with van der Waals surface area (Å²) in [5.74, 6) is -0.00389. The zero-order valence-corrected chi connectivity index (χ0v) is 12.0. The largest absolute Gasteiger partial charge is 0.477 e. The number of hydrogen-bond donors (Lipinski definition) is 1. The number of hydrogen-bond acceptors (Lipinski definition) is 5. The summed E-state index contributed by atoms with van der Waals surface area (Å²) < 4.78 is 5.38. The maximum atomic E-state index is 12.1. The fourth-order valence-electron chi connectivity index (χ4n) is 2.21. The van der Waals surface area contributed by atoms with E-state index in [4.69, 9.17) is 4.74 Å². The molecule has 0 radical (unpaired) electrons. The molecule has 1 aromatic rings. The number of carbonyl (C=O) groups is 1. The molecule has 1 saturated heterocycles. The van der Waals surface area contributed by atoms with E-state index in [0.717, 1.165) is 25.1 Å². The highest BCUT2D eigenvalue weighted by molar-refractivity contribution is 5.78. The first kappa shape index (κ1) is 15.2. The molecule has 21 heavy (non-hydrogen) atoms. The average molecular weight is 293 g/mol. The molecule has 0 spiro atoms. The maximum absolute atomic E-state index is 12.1. The first-order valence-electron chi connectivity index (χ1n) is 6.94. The SMILES string of the molecule is Cc1ccc([N+](=O)[O-])c(OCC(=O)N2CCCNCC2)c1. The molecule has 1 amide bonds. The van der Waals surface area contributed by atoms with Gasteiger partial charge in [0.25, 0.3) is 5.91 Å². The number of nitrogens with zero attached hydrogens (tertiary/aromatic N) is 2. The molecule has 2 rings (SSSR count). The molecule has 0 unspecified atom stereocenters. The number of nitro groups is 1. The fourth-order valence-corrected chi connectivity index (χ4v) is 2.21. The van der Waals surface area contributed by atoms with Gasteiger partial charge in [-0.3, -0.25) is 14.9 Å². The first-order chi connectivity index (χ1) is 10.1. The van der Waals surface area contributed by atoms with Crippen molar-refractivity contribution in [3.05, 3.63) is 33.9 Å². The Morgan fingerprint density at radius 3 is 3.00 bits per heavy atom. The van der Waals surface area contributed by atoms with Crippen molar-refractivity contribution in [2.75, 3.05) is 32.8 Å². The number of rotatable bonds is 4. The second-order valence-corrected chi connectivity index (χ2v) is 5.00. The summed E-state index contributed by atoms with van der Waals surface area (Å²) in [5, 5.41) is 14.2.